The number of aromatic nitrogens is 3. The minimum atomic E-state index is -0.159. The van der Waals surface area contributed by atoms with E-state index in [2.05, 4.69) is 35.3 Å². The molecule has 170 valence electrons. The van der Waals surface area contributed by atoms with Gasteiger partial charge in [0.25, 0.3) is 0 Å². The maximum atomic E-state index is 12.5. The average molecular weight is 427 g/mol. The zero-order valence-electron chi connectivity index (χ0n) is 19.2. The molecule has 0 aliphatic heterocycles. The normalized spacial score (nSPS) is 18.9. The summed E-state index contributed by atoms with van der Waals surface area (Å²) in [5, 5.41) is 8.90. The largest absolute Gasteiger partial charge is 0.460 e. The van der Waals surface area contributed by atoms with Crippen molar-refractivity contribution in [3.05, 3.63) is 47.8 Å². The molecule has 2 aromatic rings. The molecule has 2 atom stereocenters. The molecule has 1 saturated carbocycles. The predicted molar refractivity (Wildman–Crippen MR) is 123 cm³/mol. The highest BCUT2D eigenvalue weighted by Gasteiger charge is 2.31. The Kier molecular flexibility index (Phi) is 9.53. The summed E-state index contributed by atoms with van der Waals surface area (Å²) in [7, 11) is 0. The molecule has 1 aliphatic carbocycles. The zero-order valence-corrected chi connectivity index (χ0v) is 19.2. The Morgan fingerprint density at radius 2 is 1.81 bits per heavy atom. The number of carbonyl (C=O) groups is 1. The third kappa shape index (κ3) is 7.46. The number of esters is 1. The Morgan fingerprint density at radius 3 is 2.52 bits per heavy atom. The van der Waals surface area contributed by atoms with Crippen LogP contribution in [0, 0.1) is 0 Å². The van der Waals surface area contributed by atoms with Crippen LogP contribution >= 0.6 is 0 Å². The fraction of sp³-hybridized carbons (Fsp3) is 0.640. The molecule has 6 nitrogen and oxygen atoms in total. The molecule has 0 amide bonds. The second-order valence-corrected chi connectivity index (χ2v) is 8.72. The van der Waals surface area contributed by atoms with Gasteiger partial charge in [-0.2, -0.15) is 0 Å². The van der Waals surface area contributed by atoms with Crippen LogP contribution in [0.15, 0.2) is 36.5 Å². The third-order valence-electron chi connectivity index (χ3n) is 6.08. The maximum absolute atomic E-state index is 12.5. The Hall–Kier alpha value is -2.21. The topological polar surface area (TPSA) is 60.2 Å². The first kappa shape index (κ1) is 23.5. The van der Waals surface area contributed by atoms with Crippen LogP contribution in [0.25, 0.3) is 0 Å². The molecule has 1 fully saturated rings. The Morgan fingerprint density at radius 1 is 1.10 bits per heavy atom. The van der Waals surface area contributed by atoms with Crippen LogP contribution < -0.4 is 0 Å². The number of hydrogen-bond acceptors (Lipinski definition) is 5. The molecular formula is C25H38N4O2. The second kappa shape index (κ2) is 12.6. The summed E-state index contributed by atoms with van der Waals surface area (Å²) in [5.41, 5.74) is 1.99. The highest BCUT2D eigenvalue weighted by atomic mass is 16.5. The lowest BCUT2D eigenvalue weighted by Crippen LogP contribution is -2.33. The second-order valence-electron chi connectivity index (χ2n) is 8.72. The van der Waals surface area contributed by atoms with Crippen molar-refractivity contribution in [3.63, 3.8) is 0 Å². The summed E-state index contributed by atoms with van der Waals surface area (Å²) in [5.74, 6) is -0.159. The summed E-state index contributed by atoms with van der Waals surface area (Å²) in [4.78, 5) is 15.0. The number of benzene rings is 1. The molecule has 1 aromatic carbocycles. The molecule has 3 rings (SSSR count). The molecule has 0 spiro atoms. The molecule has 1 heterocycles. The fourth-order valence-corrected chi connectivity index (χ4v) is 4.30. The molecule has 31 heavy (non-hydrogen) atoms. The molecule has 6 heteroatoms. The van der Waals surface area contributed by atoms with Gasteiger partial charge in [-0.15, -0.1) is 5.10 Å². The minimum Gasteiger partial charge on any atom is -0.460 e. The highest BCUT2D eigenvalue weighted by molar-refractivity contribution is 5.72. The first-order valence-corrected chi connectivity index (χ1v) is 12.1. The first-order chi connectivity index (χ1) is 15.2. The van der Waals surface area contributed by atoms with E-state index in [0.29, 0.717) is 6.42 Å². The Labute approximate surface area is 187 Å². The molecular weight excluding hydrogens is 388 g/mol. The van der Waals surface area contributed by atoms with Crippen LogP contribution in [0.2, 0.25) is 0 Å². The van der Waals surface area contributed by atoms with Gasteiger partial charge < -0.3 is 4.74 Å². The van der Waals surface area contributed by atoms with Gasteiger partial charge in [-0.05, 0) is 50.8 Å². The van der Waals surface area contributed by atoms with Crippen molar-refractivity contribution in [2.75, 3.05) is 13.1 Å². The molecule has 0 N–H and O–H groups in total. The van der Waals surface area contributed by atoms with Gasteiger partial charge in [-0.3, -0.25) is 9.69 Å². The average Bonchev–Trinajstić information content (AvgIpc) is 3.25. The van der Waals surface area contributed by atoms with Gasteiger partial charge >= 0.3 is 5.97 Å². The van der Waals surface area contributed by atoms with Crippen molar-refractivity contribution in [2.45, 2.75) is 90.3 Å². The zero-order chi connectivity index (χ0) is 21.9. The van der Waals surface area contributed by atoms with E-state index in [-0.39, 0.29) is 18.1 Å². The maximum Gasteiger partial charge on any atom is 0.310 e. The van der Waals surface area contributed by atoms with E-state index in [1.807, 2.05) is 35.0 Å². The van der Waals surface area contributed by atoms with Crippen molar-refractivity contribution in [2.24, 2.45) is 0 Å². The predicted octanol–water partition coefficient (Wildman–Crippen LogP) is 4.95. The molecule has 1 aliphatic rings. The van der Waals surface area contributed by atoms with Gasteiger partial charge in [0.2, 0.25) is 0 Å². The lowest BCUT2D eigenvalue weighted by molar-refractivity contribution is -0.152. The van der Waals surface area contributed by atoms with Crippen LogP contribution in [-0.2, 0) is 22.5 Å². The van der Waals surface area contributed by atoms with Crippen molar-refractivity contribution in [1.29, 1.82) is 0 Å². The van der Waals surface area contributed by atoms with Gasteiger partial charge in [0.1, 0.15) is 6.10 Å². The van der Waals surface area contributed by atoms with E-state index >= 15 is 0 Å². The van der Waals surface area contributed by atoms with Crippen LogP contribution in [0.3, 0.4) is 0 Å². The summed E-state index contributed by atoms with van der Waals surface area (Å²) in [6.07, 6.45) is 11.2. The summed E-state index contributed by atoms with van der Waals surface area (Å²) in [6.45, 7) is 7.51. The van der Waals surface area contributed by atoms with Crippen molar-refractivity contribution in [1.82, 2.24) is 19.9 Å². The van der Waals surface area contributed by atoms with E-state index in [1.54, 1.807) is 0 Å². The summed E-state index contributed by atoms with van der Waals surface area (Å²) < 4.78 is 7.87. The van der Waals surface area contributed by atoms with E-state index in [9.17, 15) is 4.79 Å². The van der Waals surface area contributed by atoms with Crippen LogP contribution in [0.1, 0.15) is 82.5 Å². The Bertz CT molecular complexity index is 769. The SMILES string of the molecule is CCCCN(CCCC)Cc1cn([C@@H]2CCCC[C@H]2OC(=O)Cc2ccccc2)nn1. The molecule has 0 bridgehead atoms. The smallest absolute Gasteiger partial charge is 0.310 e. The third-order valence-corrected chi connectivity index (χ3v) is 6.08. The van der Waals surface area contributed by atoms with Gasteiger partial charge in [-0.25, -0.2) is 4.68 Å². The van der Waals surface area contributed by atoms with Crippen molar-refractivity contribution >= 4 is 5.97 Å². The van der Waals surface area contributed by atoms with Crippen molar-refractivity contribution in [3.8, 4) is 0 Å². The van der Waals surface area contributed by atoms with E-state index in [0.717, 1.165) is 56.6 Å². The molecule has 1 aromatic heterocycles. The standard InChI is InChI=1S/C25H38N4O2/c1-3-5-16-28(17-6-4-2)19-22-20-29(27-26-22)23-14-10-11-15-24(23)31-25(30)18-21-12-8-7-9-13-21/h7-9,12-13,20,23-24H,3-6,10-11,14-19H2,1-2H3/t23-,24-/m1/s1. The summed E-state index contributed by atoms with van der Waals surface area (Å²) >= 11 is 0. The molecule has 0 radical (unpaired) electrons. The number of nitrogens with zero attached hydrogens (tertiary/aromatic N) is 4. The van der Waals surface area contributed by atoms with E-state index in [1.165, 1.54) is 25.7 Å². The Balaban J connectivity index is 1.60. The van der Waals surface area contributed by atoms with E-state index < -0.39 is 0 Å². The summed E-state index contributed by atoms with van der Waals surface area (Å²) in [6, 6.07) is 9.87. The van der Waals surface area contributed by atoms with Crippen LogP contribution in [0.5, 0.6) is 0 Å². The number of rotatable bonds is 12. The van der Waals surface area contributed by atoms with Gasteiger partial charge in [0.05, 0.1) is 24.4 Å². The molecule has 0 unspecified atom stereocenters. The highest BCUT2D eigenvalue weighted by Crippen LogP contribution is 2.31. The fourth-order valence-electron chi connectivity index (χ4n) is 4.30. The molecule has 0 saturated heterocycles. The lowest BCUT2D eigenvalue weighted by Gasteiger charge is -2.31. The monoisotopic (exact) mass is 426 g/mol. The van der Waals surface area contributed by atoms with E-state index in [4.69, 9.17) is 4.74 Å². The lowest BCUT2D eigenvalue weighted by atomic mass is 9.92. The first-order valence-electron chi connectivity index (χ1n) is 12.1. The quantitative estimate of drug-likeness (QED) is 0.450. The number of unbranched alkanes of at least 4 members (excludes halogenated alkanes) is 2. The van der Waals surface area contributed by atoms with Gasteiger partial charge in [0, 0.05) is 6.54 Å². The number of hydrogen-bond donors (Lipinski definition) is 0. The van der Waals surface area contributed by atoms with Crippen molar-refractivity contribution < 1.29 is 9.53 Å². The number of ether oxygens (including phenoxy) is 1. The van der Waals surface area contributed by atoms with Crippen LogP contribution in [-0.4, -0.2) is 45.1 Å². The van der Waals surface area contributed by atoms with Crippen LogP contribution in [0.4, 0.5) is 0 Å². The van der Waals surface area contributed by atoms with Gasteiger partial charge in [0.15, 0.2) is 0 Å². The number of carbonyl (C=O) groups excluding carboxylic acids is 1. The van der Waals surface area contributed by atoms with Gasteiger partial charge in [-0.1, -0.05) is 68.7 Å². The minimum absolute atomic E-state index is 0.0782.